The summed E-state index contributed by atoms with van der Waals surface area (Å²) in [5.74, 6) is 1.69. The molecule has 6 heteroatoms. The second kappa shape index (κ2) is 7.67. The highest BCUT2D eigenvalue weighted by Gasteiger charge is 2.43. The summed E-state index contributed by atoms with van der Waals surface area (Å²) in [6, 6.07) is 14.8. The molecule has 5 nitrogen and oxygen atoms in total. The molecule has 2 atom stereocenters. The Morgan fingerprint density at radius 3 is 2.87 bits per heavy atom. The summed E-state index contributed by atoms with van der Waals surface area (Å²) in [6.07, 6.45) is 1.01. The molecule has 2 aromatic carbocycles. The van der Waals surface area contributed by atoms with E-state index in [0.29, 0.717) is 11.7 Å². The minimum atomic E-state index is 0.169. The Morgan fingerprint density at radius 1 is 1.17 bits per heavy atom. The Kier molecular flexibility index (Phi) is 4.99. The van der Waals surface area contributed by atoms with Gasteiger partial charge in [-0.2, -0.15) is 0 Å². The third kappa shape index (κ3) is 3.38. The van der Waals surface area contributed by atoms with Crippen LogP contribution in [0.5, 0.6) is 0 Å². The van der Waals surface area contributed by atoms with E-state index in [4.69, 9.17) is 0 Å². The number of nitrogens with zero attached hydrogens (tertiary/aromatic N) is 4. The van der Waals surface area contributed by atoms with Crippen LogP contribution in [0.15, 0.2) is 47.5 Å². The van der Waals surface area contributed by atoms with Crippen LogP contribution < -0.4 is 4.90 Å². The van der Waals surface area contributed by atoms with Crippen LogP contribution in [0.4, 0.5) is 5.69 Å². The maximum absolute atomic E-state index is 13.5. The van der Waals surface area contributed by atoms with E-state index >= 15 is 0 Å². The van der Waals surface area contributed by atoms with E-state index in [0.717, 1.165) is 47.0 Å². The average molecular weight is 419 g/mol. The predicted octanol–water partition coefficient (Wildman–Crippen LogP) is 4.17. The highest BCUT2D eigenvalue weighted by Crippen LogP contribution is 2.45. The average Bonchev–Trinajstić information content (AvgIpc) is 3.04. The molecule has 1 aromatic heterocycles. The molecule has 0 aliphatic carbocycles. The number of aryl methyl sites for hydroxylation is 2. The Labute approximate surface area is 181 Å². The number of fused-ring (bicyclic) bond motifs is 4. The molecular formula is C24H26N4OS. The van der Waals surface area contributed by atoms with Crippen molar-refractivity contribution in [1.82, 2.24) is 14.9 Å². The predicted molar refractivity (Wildman–Crippen MR) is 122 cm³/mol. The van der Waals surface area contributed by atoms with Gasteiger partial charge in [-0.1, -0.05) is 47.7 Å². The molecule has 0 saturated carbocycles. The van der Waals surface area contributed by atoms with Crippen LogP contribution in [0, 0.1) is 13.8 Å². The van der Waals surface area contributed by atoms with Crippen molar-refractivity contribution in [2.75, 3.05) is 30.8 Å². The molecule has 1 amide bonds. The largest absolute Gasteiger partial charge is 0.308 e. The number of aromatic nitrogens is 2. The Balaban J connectivity index is 1.43. The lowest BCUT2D eigenvalue weighted by Gasteiger charge is -2.36. The first-order valence-corrected chi connectivity index (χ1v) is 11.5. The third-order valence-corrected chi connectivity index (χ3v) is 7.21. The molecule has 0 unspecified atom stereocenters. The van der Waals surface area contributed by atoms with Crippen molar-refractivity contribution >= 4 is 34.3 Å². The Hall–Kier alpha value is -2.44. The van der Waals surface area contributed by atoms with Gasteiger partial charge in [0.05, 0.1) is 11.3 Å². The van der Waals surface area contributed by atoms with Crippen molar-refractivity contribution in [2.24, 2.45) is 0 Å². The lowest BCUT2D eigenvalue weighted by molar-refractivity contribution is -0.116. The number of hydrogen-bond donors (Lipinski definition) is 0. The van der Waals surface area contributed by atoms with Gasteiger partial charge in [0.1, 0.15) is 10.9 Å². The van der Waals surface area contributed by atoms with Crippen LogP contribution in [-0.2, 0) is 4.79 Å². The van der Waals surface area contributed by atoms with Gasteiger partial charge in [0.15, 0.2) is 0 Å². The maximum atomic E-state index is 13.5. The smallest absolute Gasteiger partial charge is 0.237 e. The number of carbonyl (C=O) groups is 1. The molecule has 30 heavy (non-hydrogen) atoms. The van der Waals surface area contributed by atoms with E-state index in [9.17, 15) is 4.79 Å². The summed E-state index contributed by atoms with van der Waals surface area (Å²) in [5.41, 5.74) is 4.61. The monoisotopic (exact) mass is 418 g/mol. The maximum Gasteiger partial charge on any atom is 0.237 e. The first kappa shape index (κ1) is 19.5. The van der Waals surface area contributed by atoms with Crippen molar-refractivity contribution in [1.29, 1.82) is 0 Å². The number of piperidine rings is 1. The lowest BCUT2D eigenvalue weighted by Crippen LogP contribution is -2.47. The van der Waals surface area contributed by atoms with Crippen LogP contribution in [-0.4, -0.2) is 52.7 Å². The van der Waals surface area contributed by atoms with Crippen molar-refractivity contribution in [2.45, 2.75) is 37.3 Å². The van der Waals surface area contributed by atoms with Crippen molar-refractivity contribution in [3.63, 3.8) is 0 Å². The Morgan fingerprint density at radius 2 is 2.00 bits per heavy atom. The molecule has 2 aliphatic heterocycles. The van der Waals surface area contributed by atoms with Gasteiger partial charge in [0, 0.05) is 29.6 Å². The van der Waals surface area contributed by atoms with Gasteiger partial charge >= 0.3 is 0 Å². The molecule has 3 heterocycles. The first-order valence-electron chi connectivity index (χ1n) is 10.5. The SMILES string of the molecule is Cc1ccc2c(c1)[C@@H]1CN(C)CC[C@H]1N2C(=O)CSc1nc(C)nc2ccccc12. The molecule has 0 spiro atoms. The number of likely N-dealkylation sites (tertiary alicyclic amines) is 1. The van der Waals surface area contributed by atoms with Crippen molar-refractivity contribution in [3.8, 4) is 0 Å². The minimum Gasteiger partial charge on any atom is -0.308 e. The summed E-state index contributed by atoms with van der Waals surface area (Å²) in [7, 11) is 2.18. The molecule has 2 aliphatic rings. The van der Waals surface area contributed by atoms with Crippen molar-refractivity contribution < 1.29 is 4.79 Å². The number of thioether (sulfide) groups is 1. The molecule has 0 radical (unpaired) electrons. The van der Waals surface area contributed by atoms with Gasteiger partial charge in [-0.15, -0.1) is 0 Å². The summed E-state index contributed by atoms with van der Waals surface area (Å²) >= 11 is 1.52. The number of carbonyl (C=O) groups excluding carboxylic acids is 1. The molecule has 1 saturated heterocycles. The van der Waals surface area contributed by atoms with E-state index in [2.05, 4.69) is 51.9 Å². The zero-order valence-electron chi connectivity index (χ0n) is 17.6. The zero-order valence-corrected chi connectivity index (χ0v) is 18.4. The van der Waals surface area contributed by atoms with E-state index in [-0.39, 0.29) is 11.9 Å². The summed E-state index contributed by atoms with van der Waals surface area (Å²) in [6.45, 7) is 6.07. The van der Waals surface area contributed by atoms with Crippen LogP contribution >= 0.6 is 11.8 Å². The van der Waals surface area contributed by atoms with Crippen LogP contribution in [0.1, 0.15) is 29.3 Å². The van der Waals surface area contributed by atoms with E-state index < -0.39 is 0 Å². The molecule has 3 aromatic rings. The van der Waals surface area contributed by atoms with E-state index in [1.165, 1.54) is 22.9 Å². The lowest BCUT2D eigenvalue weighted by atomic mass is 9.89. The zero-order chi connectivity index (χ0) is 20.8. The number of para-hydroxylation sites is 1. The van der Waals surface area contributed by atoms with Crippen LogP contribution in [0.25, 0.3) is 10.9 Å². The van der Waals surface area contributed by atoms with Crippen LogP contribution in [0.3, 0.4) is 0 Å². The van der Waals surface area contributed by atoms with Gasteiger partial charge in [0.2, 0.25) is 5.91 Å². The molecule has 0 N–H and O–H groups in total. The number of amides is 1. The molecular weight excluding hydrogens is 392 g/mol. The number of anilines is 1. The summed E-state index contributed by atoms with van der Waals surface area (Å²) < 4.78 is 0. The number of benzene rings is 2. The van der Waals surface area contributed by atoms with Gasteiger partial charge in [-0.25, -0.2) is 9.97 Å². The minimum absolute atomic E-state index is 0.169. The molecule has 0 bridgehead atoms. The standard InChI is InChI=1S/C24H26N4OS/c1-15-8-9-21-18(12-15)19-13-27(3)11-10-22(19)28(21)23(29)14-30-24-17-6-4-5-7-20(17)25-16(2)26-24/h4-9,12,19,22H,10-11,13-14H2,1-3H3/t19-,22+/m0/s1. The molecule has 5 rings (SSSR count). The fourth-order valence-electron chi connectivity index (χ4n) is 4.87. The van der Waals surface area contributed by atoms with E-state index in [1.807, 2.05) is 31.2 Å². The summed E-state index contributed by atoms with van der Waals surface area (Å²) in [4.78, 5) is 27.1. The third-order valence-electron chi connectivity index (χ3n) is 6.23. The van der Waals surface area contributed by atoms with Crippen LogP contribution in [0.2, 0.25) is 0 Å². The highest BCUT2D eigenvalue weighted by atomic mass is 32.2. The van der Waals surface area contributed by atoms with Gasteiger partial charge in [-0.3, -0.25) is 4.79 Å². The number of hydrogen-bond acceptors (Lipinski definition) is 5. The fourth-order valence-corrected chi connectivity index (χ4v) is 5.80. The first-order chi connectivity index (χ1) is 14.5. The van der Waals surface area contributed by atoms with Gasteiger partial charge < -0.3 is 9.80 Å². The highest BCUT2D eigenvalue weighted by molar-refractivity contribution is 8.00. The Bertz CT molecular complexity index is 1130. The van der Waals surface area contributed by atoms with Gasteiger partial charge in [0.25, 0.3) is 0 Å². The normalized spacial score (nSPS) is 21.0. The second-order valence-electron chi connectivity index (χ2n) is 8.43. The number of likely N-dealkylation sites (N-methyl/N-ethyl adjacent to an activating group) is 1. The number of rotatable bonds is 3. The summed E-state index contributed by atoms with van der Waals surface area (Å²) in [5, 5.41) is 1.89. The van der Waals surface area contributed by atoms with Gasteiger partial charge in [-0.05, 0) is 51.6 Å². The van der Waals surface area contributed by atoms with Crippen molar-refractivity contribution in [3.05, 3.63) is 59.4 Å². The van der Waals surface area contributed by atoms with E-state index in [1.54, 1.807) is 0 Å². The topological polar surface area (TPSA) is 49.3 Å². The molecule has 154 valence electrons. The molecule has 1 fully saturated rings. The quantitative estimate of drug-likeness (QED) is 0.472. The fraction of sp³-hybridized carbons (Fsp3) is 0.375. The second-order valence-corrected chi connectivity index (χ2v) is 9.40.